The van der Waals surface area contributed by atoms with Crippen LogP contribution < -0.4 is 5.32 Å². The molecule has 0 atom stereocenters. The second-order valence-electron chi connectivity index (χ2n) is 6.12. The monoisotopic (exact) mass is 322 g/mol. The lowest BCUT2D eigenvalue weighted by atomic mass is 9.86. The zero-order valence-corrected chi connectivity index (χ0v) is 12.9. The fourth-order valence-electron chi connectivity index (χ4n) is 3.14. The van der Waals surface area contributed by atoms with Crippen LogP contribution in [-0.2, 0) is 0 Å². The van der Waals surface area contributed by atoms with E-state index in [4.69, 9.17) is 0 Å². The number of hydrogen-bond acceptors (Lipinski definition) is 2. The van der Waals surface area contributed by atoms with E-state index in [1.165, 1.54) is 0 Å². The summed E-state index contributed by atoms with van der Waals surface area (Å²) >= 11 is 0. The van der Waals surface area contributed by atoms with Crippen LogP contribution in [0.15, 0.2) is 24.4 Å². The van der Waals surface area contributed by atoms with Crippen molar-refractivity contribution in [1.82, 2.24) is 15.1 Å². The predicted octanol–water partition coefficient (Wildman–Crippen LogP) is 3.85. The Bertz CT molecular complexity index is 680. The third kappa shape index (κ3) is 3.43. The maximum atomic E-state index is 12.7. The number of nitrogens with one attached hydrogen (secondary N) is 2. The fraction of sp³-hybridized carbons (Fsp3) is 0.500. The van der Waals surface area contributed by atoms with Crippen LogP contribution in [0.5, 0.6) is 0 Å². The van der Waals surface area contributed by atoms with Gasteiger partial charge < -0.3 is 10.2 Å². The number of carbonyl (C=O) groups is 1. The van der Waals surface area contributed by atoms with Crippen molar-refractivity contribution in [3.63, 3.8) is 0 Å². The first-order chi connectivity index (χ1) is 11.0. The van der Waals surface area contributed by atoms with Gasteiger partial charge in [-0.25, -0.2) is 13.6 Å². The number of hydrogen-bond donors (Lipinski definition) is 2. The van der Waals surface area contributed by atoms with Crippen LogP contribution in [0.4, 0.5) is 19.3 Å². The van der Waals surface area contributed by atoms with Gasteiger partial charge in [-0.2, -0.15) is 5.10 Å². The van der Waals surface area contributed by atoms with Crippen LogP contribution in [0.25, 0.3) is 10.9 Å². The van der Waals surface area contributed by atoms with Crippen LogP contribution in [0.3, 0.4) is 0 Å². The Kier molecular flexibility index (Phi) is 4.45. The minimum atomic E-state index is -2.25. The lowest BCUT2D eigenvalue weighted by Crippen LogP contribution is -2.42. The molecule has 3 rings (SSSR count). The minimum absolute atomic E-state index is 0.0163. The van der Waals surface area contributed by atoms with Crippen molar-refractivity contribution in [2.75, 3.05) is 12.4 Å². The van der Waals surface area contributed by atoms with Gasteiger partial charge in [0.2, 0.25) is 6.43 Å². The Morgan fingerprint density at radius 2 is 2.09 bits per heavy atom. The van der Waals surface area contributed by atoms with Gasteiger partial charge in [0.1, 0.15) is 0 Å². The lowest BCUT2D eigenvalue weighted by Gasteiger charge is -2.34. The van der Waals surface area contributed by atoms with Crippen molar-refractivity contribution >= 4 is 22.6 Å². The molecule has 5 nitrogen and oxygen atoms in total. The van der Waals surface area contributed by atoms with Crippen molar-refractivity contribution in [2.24, 2.45) is 5.92 Å². The number of aromatic amines is 1. The summed E-state index contributed by atoms with van der Waals surface area (Å²) in [5.41, 5.74) is 1.60. The summed E-state index contributed by atoms with van der Waals surface area (Å²) in [6.07, 6.45) is 1.64. The van der Waals surface area contributed by atoms with Crippen molar-refractivity contribution in [3.05, 3.63) is 24.4 Å². The molecule has 124 valence electrons. The van der Waals surface area contributed by atoms with Gasteiger partial charge in [0.15, 0.2) is 0 Å². The molecular weight excluding hydrogens is 302 g/mol. The van der Waals surface area contributed by atoms with Crippen LogP contribution in [-0.4, -0.2) is 40.6 Å². The Labute approximate surface area is 133 Å². The van der Waals surface area contributed by atoms with Crippen molar-refractivity contribution in [2.45, 2.75) is 38.2 Å². The molecule has 0 unspecified atom stereocenters. The van der Waals surface area contributed by atoms with Crippen LogP contribution in [0.1, 0.15) is 25.7 Å². The number of halogens is 2. The quantitative estimate of drug-likeness (QED) is 0.901. The molecule has 1 aromatic heterocycles. The fourth-order valence-corrected chi connectivity index (χ4v) is 3.14. The average molecular weight is 322 g/mol. The van der Waals surface area contributed by atoms with Gasteiger partial charge in [0.05, 0.1) is 11.7 Å². The van der Waals surface area contributed by atoms with E-state index in [2.05, 4.69) is 15.5 Å². The molecule has 23 heavy (non-hydrogen) atoms. The standard InChI is InChI=1S/C16H20F2N4O/c1-22(13-5-2-10(3-6-13)15(17)18)16(23)20-12-4-7-14-11(8-12)9-19-21-14/h4,7-10,13,15H,2-3,5-6H2,1H3,(H,19,21)(H,20,23). The number of alkyl halides is 2. The van der Waals surface area contributed by atoms with Crippen molar-refractivity contribution < 1.29 is 13.6 Å². The zero-order chi connectivity index (χ0) is 16.4. The Morgan fingerprint density at radius 3 is 2.78 bits per heavy atom. The highest BCUT2D eigenvalue weighted by molar-refractivity contribution is 5.92. The molecule has 2 amide bonds. The second-order valence-corrected chi connectivity index (χ2v) is 6.12. The molecule has 7 heteroatoms. The highest BCUT2D eigenvalue weighted by atomic mass is 19.3. The van der Waals surface area contributed by atoms with Gasteiger partial charge in [-0.05, 0) is 43.9 Å². The summed E-state index contributed by atoms with van der Waals surface area (Å²) in [5.74, 6) is -0.522. The highest BCUT2D eigenvalue weighted by Crippen LogP contribution is 2.31. The summed E-state index contributed by atoms with van der Waals surface area (Å²) < 4.78 is 25.4. The van der Waals surface area contributed by atoms with E-state index in [9.17, 15) is 13.6 Å². The normalized spacial score (nSPS) is 21.6. The molecule has 0 radical (unpaired) electrons. The van der Waals surface area contributed by atoms with Gasteiger partial charge in [-0.1, -0.05) is 0 Å². The Hall–Kier alpha value is -2.18. The molecule has 1 heterocycles. The maximum absolute atomic E-state index is 12.7. The van der Waals surface area contributed by atoms with Crippen molar-refractivity contribution in [1.29, 1.82) is 0 Å². The maximum Gasteiger partial charge on any atom is 0.321 e. The van der Waals surface area contributed by atoms with Gasteiger partial charge in [0, 0.05) is 30.1 Å². The molecule has 0 aliphatic heterocycles. The van der Waals surface area contributed by atoms with Crippen LogP contribution >= 0.6 is 0 Å². The van der Waals surface area contributed by atoms with Gasteiger partial charge >= 0.3 is 6.03 Å². The first-order valence-electron chi connectivity index (χ1n) is 7.79. The minimum Gasteiger partial charge on any atom is -0.325 e. The van der Waals surface area contributed by atoms with E-state index >= 15 is 0 Å². The first kappa shape index (κ1) is 15.7. The Morgan fingerprint density at radius 1 is 1.35 bits per heavy atom. The number of benzene rings is 1. The zero-order valence-electron chi connectivity index (χ0n) is 12.9. The number of aromatic nitrogens is 2. The smallest absolute Gasteiger partial charge is 0.321 e. The van der Waals surface area contributed by atoms with Crippen molar-refractivity contribution in [3.8, 4) is 0 Å². The molecule has 1 fully saturated rings. The molecule has 2 aromatic rings. The van der Waals surface area contributed by atoms with Gasteiger partial charge in [-0.3, -0.25) is 5.10 Å². The summed E-state index contributed by atoms with van der Waals surface area (Å²) in [6.45, 7) is 0. The van der Waals surface area contributed by atoms with E-state index < -0.39 is 12.3 Å². The predicted molar refractivity (Wildman–Crippen MR) is 84.6 cm³/mol. The molecular formula is C16H20F2N4O. The Balaban J connectivity index is 1.59. The number of nitrogens with zero attached hydrogens (tertiary/aromatic N) is 2. The molecule has 1 aromatic carbocycles. The SMILES string of the molecule is CN(C(=O)Nc1ccc2[nH]ncc2c1)C1CCC(C(F)F)CC1. The van der Waals surface area contributed by atoms with E-state index in [0.29, 0.717) is 31.4 Å². The molecule has 1 saturated carbocycles. The number of anilines is 1. The lowest BCUT2D eigenvalue weighted by molar-refractivity contribution is 0.0427. The molecule has 0 spiro atoms. The third-order valence-corrected chi connectivity index (χ3v) is 4.66. The van der Waals surface area contributed by atoms with Crippen LogP contribution in [0.2, 0.25) is 0 Å². The second kappa shape index (κ2) is 6.52. The van der Waals surface area contributed by atoms with Gasteiger partial charge in [-0.15, -0.1) is 0 Å². The van der Waals surface area contributed by atoms with E-state index in [0.717, 1.165) is 10.9 Å². The molecule has 0 bridgehead atoms. The third-order valence-electron chi connectivity index (χ3n) is 4.66. The summed E-state index contributed by atoms with van der Waals surface area (Å²) in [7, 11) is 1.72. The average Bonchev–Trinajstić information content (AvgIpc) is 3.01. The largest absolute Gasteiger partial charge is 0.325 e. The summed E-state index contributed by atoms with van der Waals surface area (Å²) in [6, 6.07) is 5.31. The number of amides is 2. The number of rotatable bonds is 3. The molecule has 0 saturated heterocycles. The molecule has 1 aliphatic carbocycles. The number of carbonyl (C=O) groups excluding carboxylic acids is 1. The number of urea groups is 1. The summed E-state index contributed by atoms with van der Waals surface area (Å²) in [5, 5.41) is 10.6. The first-order valence-corrected chi connectivity index (χ1v) is 7.79. The van der Waals surface area contributed by atoms with E-state index in [1.807, 2.05) is 12.1 Å². The summed E-state index contributed by atoms with van der Waals surface area (Å²) in [4.78, 5) is 14.0. The number of H-pyrrole nitrogens is 1. The topological polar surface area (TPSA) is 61.0 Å². The van der Waals surface area contributed by atoms with E-state index in [1.54, 1.807) is 24.2 Å². The number of fused-ring (bicyclic) bond motifs is 1. The van der Waals surface area contributed by atoms with Crippen LogP contribution in [0, 0.1) is 5.92 Å². The van der Waals surface area contributed by atoms with Gasteiger partial charge in [0.25, 0.3) is 0 Å². The molecule has 1 aliphatic rings. The highest BCUT2D eigenvalue weighted by Gasteiger charge is 2.30. The molecule has 2 N–H and O–H groups in total. The van der Waals surface area contributed by atoms with E-state index in [-0.39, 0.29) is 12.1 Å².